The van der Waals surface area contributed by atoms with Crippen LogP contribution in [0, 0.1) is 25.2 Å². The molecule has 35 heavy (non-hydrogen) atoms. The first-order valence-electron chi connectivity index (χ1n) is 11.8. The van der Waals surface area contributed by atoms with Crippen molar-refractivity contribution < 1.29 is 4.74 Å². The highest BCUT2D eigenvalue weighted by Crippen LogP contribution is 2.32. The fourth-order valence-corrected chi connectivity index (χ4v) is 3.96. The van der Waals surface area contributed by atoms with E-state index in [4.69, 9.17) is 9.72 Å². The average Bonchev–Trinajstić information content (AvgIpc) is 3.35. The number of nitrogens with one attached hydrogen (secondary N) is 3. The molecule has 0 amide bonds. The number of fused-ring (bicyclic) bond motifs is 1. The number of aromatic amines is 1. The van der Waals surface area contributed by atoms with Crippen molar-refractivity contribution in [1.29, 1.82) is 5.26 Å². The number of hydrogen-bond donors (Lipinski definition) is 3. The maximum atomic E-state index is 9.79. The molecule has 178 valence electrons. The maximum Gasteiger partial charge on any atom is 0.103 e. The molecule has 0 aliphatic heterocycles. The van der Waals surface area contributed by atoms with E-state index < -0.39 is 0 Å². The van der Waals surface area contributed by atoms with Crippen LogP contribution in [0.25, 0.3) is 23.1 Å². The van der Waals surface area contributed by atoms with Crippen LogP contribution in [0.2, 0.25) is 0 Å². The summed E-state index contributed by atoms with van der Waals surface area (Å²) in [7, 11) is 0. The number of benzene rings is 1. The molecule has 3 N–H and O–H groups in total. The van der Waals surface area contributed by atoms with Gasteiger partial charge >= 0.3 is 0 Å². The maximum absolute atomic E-state index is 9.79. The van der Waals surface area contributed by atoms with Gasteiger partial charge in [-0.2, -0.15) is 5.26 Å². The number of aromatic nitrogens is 3. The van der Waals surface area contributed by atoms with Crippen LogP contribution >= 0.6 is 0 Å². The highest BCUT2D eigenvalue weighted by molar-refractivity contribution is 5.90. The molecule has 3 aromatic heterocycles. The predicted octanol–water partition coefficient (Wildman–Crippen LogP) is 5.49. The Morgan fingerprint density at radius 2 is 2.03 bits per heavy atom. The van der Waals surface area contributed by atoms with Gasteiger partial charge in [-0.1, -0.05) is 6.07 Å². The molecule has 0 saturated carbocycles. The van der Waals surface area contributed by atoms with Gasteiger partial charge in [0.25, 0.3) is 0 Å². The Kier molecular flexibility index (Phi) is 7.88. The van der Waals surface area contributed by atoms with Gasteiger partial charge in [0, 0.05) is 59.9 Å². The number of aryl methyl sites for hydroxylation is 2. The molecular formula is C28H30N6O. The Morgan fingerprint density at radius 3 is 2.86 bits per heavy atom. The summed E-state index contributed by atoms with van der Waals surface area (Å²) in [5.41, 5.74) is 7.86. The molecule has 0 spiro atoms. The van der Waals surface area contributed by atoms with Gasteiger partial charge in [0.05, 0.1) is 29.2 Å². The van der Waals surface area contributed by atoms with E-state index in [2.05, 4.69) is 39.7 Å². The predicted molar refractivity (Wildman–Crippen MR) is 141 cm³/mol. The quantitative estimate of drug-likeness (QED) is 0.268. The zero-order chi connectivity index (χ0) is 24.6. The Hall–Kier alpha value is -3.99. The van der Waals surface area contributed by atoms with Crippen molar-refractivity contribution in [2.45, 2.75) is 27.3 Å². The zero-order valence-corrected chi connectivity index (χ0v) is 20.4. The molecule has 0 bridgehead atoms. The van der Waals surface area contributed by atoms with Crippen LogP contribution in [0.3, 0.4) is 0 Å². The summed E-state index contributed by atoms with van der Waals surface area (Å²) < 4.78 is 5.36. The van der Waals surface area contributed by atoms with E-state index in [0.717, 1.165) is 63.6 Å². The molecule has 0 unspecified atom stereocenters. The molecule has 0 saturated heterocycles. The van der Waals surface area contributed by atoms with Crippen molar-refractivity contribution in [1.82, 2.24) is 20.3 Å². The largest absolute Gasteiger partial charge is 0.380 e. The van der Waals surface area contributed by atoms with E-state index in [0.29, 0.717) is 18.7 Å². The zero-order valence-electron chi connectivity index (χ0n) is 20.4. The van der Waals surface area contributed by atoms with Crippen LogP contribution in [0.1, 0.15) is 40.7 Å². The first-order chi connectivity index (χ1) is 17.1. The number of hydrogen-bond acceptors (Lipinski definition) is 6. The number of H-pyrrole nitrogens is 1. The highest BCUT2D eigenvalue weighted by atomic mass is 16.5. The van der Waals surface area contributed by atoms with E-state index in [-0.39, 0.29) is 0 Å². The molecule has 7 nitrogen and oxygen atoms in total. The van der Waals surface area contributed by atoms with Crippen LogP contribution in [-0.4, -0.2) is 34.7 Å². The number of nitrogens with zero attached hydrogens (tertiary/aromatic N) is 3. The summed E-state index contributed by atoms with van der Waals surface area (Å²) in [5.74, 6) is 0. The minimum absolute atomic E-state index is 0.490. The molecule has 4 rings (SSSR count). The molecule has 7 heteroatoms. The van der Waals surface area contributed by atoms with Gasteiger partial charge in [0.2, 0.25) is 0 Å². The third kappa shape index (κ3) is 5.75. The van der Waals surface area contributed by atoms with Gasteiger partial charge in [0.1, 0.15) is 6.07 Å². The summed E-state index contributed by atoms with van der Waals surface area (Å²) in [4.78, 5) is 12.4. The summed E-state index contributed by atoms with van der Waals surface area (Å²) >= 11 is 0. The summed E-state index contributed by atoms with van der Waals surface area (Å²) in [6.07, 6.45) is 7.49. The lowest BCUT2D eigenvalue weighted by molar-refractivity contribution is 0.149. The molecular weight excluding hydrogens is 436 g/mol. The molecule has 3 heterocycles. The van der Waals surface area contributed by atoms with Crippen molar-refractivity contribution >= 4 is 34.4 Å². The lowest BCUT2D eigenvalue weighted by atomic mass is 10.0. The fraction of sp³-hybridized carbons (Fsp3) is 0.250. The Bertz CT molecular complexity index is 1380. The Morgan fingerprint density at radius 1 is 1.14 bits per heavy atom. The number of rotatable bonds is 10. The smallest absolute Gasteiger partial charge is 0.103 e. The van der Waals surface area contributed by atoms with Crippen LogP contribution in [0.4, 0.5) is 11.4 Å². The summed E-state index contributed by atoms with van der Waals surface area (Å²) in [6.45, 7) is 8.87. The molecule has 0 aliphatic carbocycles. The molecule has 0 aliphatic rings. The van der Waals surface area contributed by atoms with Crippen molar-refractivity contribution in [2.24, 2.45) is 0 Å². The first kappa shape index (κ1) is 24.1. The van der Waals surface area contributed by atoms with Gasteiger partial charge < -0.3 is 20.4 Å². The van der Waals surface area contributed by atoms with Gasteiger partial charge in [-0.05, 0) is 68.8 Å². The molecule has 0 atom stereocenters. The van der Waals surface area contributed by atoms with Gasteiger partial charge in [0.15, 0.2) is 0 Å². The third-order valence-electron chi connectivity index (χ3n) is 5.88. The fourth-order valence-electron chi connectivity index (χ4n) is 3.96. The Labute approximate surface area is 205 Å². The van der Waals surface area contributed by atoms with E-state index in [1.54, 1.807) is 6.20 Å². The SMILES string of the molecule is CCOCCNCc1cccc(C=Cc2c(C)ncc(C#N)c2Nc2ccc3[nH]ccc3c2C)n1. The second-order valence-electron chi connectivity index (χ2n) is 8.22. The summed E-state index contributed by atoms with van der Waals surface area (Å²) in [6, 6.07) is 14.4. The minimum Gasteiger partial charge on any atom is -0.380 e. The Balaban J connectivity index is 1.60. The lowest BCUT2D eigenvalue weighted by Gasteiger charge is -2.16. The number of pyridine rings is 2. The molecule has 0 radical (unpaired) electrons. The molecule has 1 aromatic carbocycles. The minimum atomic E-state index is 0.490. The summed E-state index contributed by atoms with van der Waals surface area (Å²) in [5, 5.41) is 17.8. The van der Waals surface area contributed by atoms with Crippen molar-refractivity contribution in [3.05, 3.63) is 82.6 Å². The highest BCUT2D eigenvalue weighted by Gasteiger charge is 2.13. The first-order valence-corrected chi connectivity index (χ1v) is 11.8. The molecule has 4 aromatic rings. The lowest BCUT2D eigenvalue weighted by Crippen LogP contribution is -2.19. The normalized spacial score (nSPS) is 11.3. The third-order valence-corrected chi connectivity index (χ3v) is 5.88. The van der Waals surface area contributed by atoms with Gasteiger partial charge in [-0.25, -0.2) is 0 Å². The second kappa shape index (κ2) is 11.4. The molecule has 0 fully saturated rings. The number of anilines is 2. The van der Waals surface area contributed by atoms with Crippen LogP contribution < -0.4 is 10.6 Å². The van der Waals surface area contributed by atoms with Crippen LogP contribution in [0.15, 0.2) is 48.8 Å². The van der Waals surface area contributed by atoms with E-state index in [1.807, 2.05) is 62.5 Å². The standard InChI is InChI=1S/C28H30N6O/c1-4-35-15-14-30-18-23-7-5-6-22(33-23)8-9-25-20(3)32-17-21(16-29)28(25)34-26-10-11-27-24(19(26)2)12-13-31-27/h5-13,17,30-31H,4,14-15,18H2,1-3H3,(H,32,34). The van der Waals surface area contributed by atoms with E-state index in [9.17, 15) is 5.26 Å². The van der Waals surface area contributed by atoms with Crippen LogP contribution in [0.5, 0.6) is 0 Å². The van der Waals surface area contributed by atoms with Crippen LogP contribution in [-0.2, 0) is 11.3 Å². The van der Waals surface area contributed by atoms with E-state index in [1.165, 1.54) is 0 Å². The number of ether oxygens (including phenoxy) is 1. The number of nitriles is 1. The van der Waals surface area contributed by atoms with Gasteiger partial charge in [-0.3, -0.25) is 9.97 Å². The average molecular weight is 467 g/mol. The monoisotopic (exact) mass is 466 g/mol. The van der Waals surface area contributed by atoms with Crippen molar-refractivity contribution in [3.63, 3.8) is 0 Å². The van der Waals surface area contributed by atoms with Gasteiger partial charge in [-0.15, -0.1) is 0 Å². The van der Waals surface area contributed by atoms with Crippen molar-refractivity contribution in [3.8, 4) is 6.07 Å². The second-order valence-corrected chi connectivity index (χ2v) is 8.22. The van der Waals surface area contributed by atoms with Crippen molar-refractivity contribution in [2.75, 3.05) is 25.1 Å². The topological polar surface area (TPSA) is 98.6 Å². The van der Waals surface area contributed by atoms with E-state index >= 15 is 0 Å².